The number of aromatic nitrogens is 5. The molecule has 7 heteroatoms. The van der Waals surface area contributed by atoms with E-state index < -0.39 is 0 Å². The van der Waals surface area contributed by atoms with Crippen molar-refractivity contribution >= 4 is 17.5 Å². The first-order valence-electron chi connectivity index (χ1n) is 8.10. The maximum Gasteiger partial charge on any atom is 0.209 e. The molecular weight excluding hydrogens is 334 g/mol. The molecule has 6 nitrogen and oxygen atoms in total. The van der Waals surface area contributed by atoms with Gasteiger partial charge in [0.05, 0.1) is 11.8 Å². The highest BCUT2D eigenvalue weighted by Crippen LogP contribution is 2.26. The summed E-state index contributed by atoms with van der Waals surface area (Å²) in [5.74, 6) is 0.408. The van der Waals surface area contributed by atoms with Crippen LogP contribution in [0.25, 0.3) is 0 Å². The summed E-state index contributed by atoms with van der Waals surface area (Å²) in [6.07, 6.45) is 0. The molecule has 0 saturated heterocycles. The van der Waals surface area contributed by atoms with Crippen LogP contribution < -0.4 is 0 Å². The number of tetrazole rings is 1. The number of ketones is 1. The molecule has 0 radical (unpaired) electrons. The van der Waals surface area contributed by atoms with Gasteiger partial charge in [0.25, 0.3) is 0 Å². The molecule has 0 saturated carbocycles. The maximum atomic E-state index is 12.7. The molecule has 2 heterocycles. The molecule has 0 aliphatic carbocycles. The SMILES string of the molecule is Cc1cc(C(=O)CSc2nnnn2C)c(C)n1[C@H](C)c1ccccc1. The van der Waals surface area contributed by atoms with Gasteiger partial charge in [0.2, 0.25) is 5.16 Å². The fourth-order valence-electron chi connectivity index (χ4n) is 3.09. The number of thioether (sulfide) groups is 1. The standard InChI is InChI=1S/C18H21N5OS/c1-12-10-16(17(24)11-25-18-19-20-21-22(18)4)14(3)23(12)13(2)15-8-6-5-7-9-15/h5-10,13H,11H2,1-4H3/t13-/m1/s1. The van der Waals surface area contributed by atoms with Gasteiger partial charge in [-0.3, -0.25) is 4.79 Å². The number of aryl methyl sites for hydroxylation is 2. The highest BCUT2D eigenvalue weighted by atomic mass is 32.2. The number of rotatable bonds is 6. The van der Waals surface area contributed by atoms with Gasteiger partial charge in [-0.15, -0.1) is 5.10 Å². The Balaban J connectivity index is 1.81. The maximum absolute atomic E-state index is 12.7. The van der Waals surface area contributed by atoms with Gasteiger partial charge in [-0.1, -0.05) is 42.1 Å². The molecule has 0 aliphatic rings. The fourth-order valence-corrected chi connectivity index (χ4v) is 3.82. The van der Waals surface area contributed by atoms with Gasteiger partial charge in [0, 0.05) is 24.0 Å². The third kappa shape index (κ3) is 3.51. The van der Waals surface area contributed by atoms with Crippen molar-refractivity contribution in [1.29, 1.82) is 0 Å². The lowest BCUT2D eigenvalue weighted by Crippen LogP contribution is -2.12. The molecule has 3 rings (SSSR count). The molecule has 2 aromatic heterocycles. The largest absolute Gasteiger partial charge is 0.341 e. The third-order valence-corrected chi connectivity index (χ3v) is 5.38. The molecule has 0 amide bonds. The Morgan fingerprint density at radius 1 is 1.24 bits per heavy atom. The van der Waals surface area contributed by atoms with Crippen LogP contribution in [0.2, 0.25) is 0 Å². The summed E-state index contributed by atoms with van der Waals surface area (Å²) < 4.78 is 3.79. The number of carbonyl (C=O) groups is 1. The number of hydrogen-bond donors (Lipinski definition) is 0. The first-order chi connectivity index (χ1) is 12.0. The van der Waals surface area contributed by atoms with E-state index in [2.05, 4.69) is 39.1 Å². The molecule has 0 fully saturated rings. The van der Waals surface area contributed by atoms with Gasteiger partial charge in [-0.25, -0.2) is 4.68 Å². The zero-order chi connectivity index (χ0) is 18.0. The fraction of sp³-hybridized carbons (Fsp3) is 0.333. The summed E-state index contributed by atoms with van der Waals surface area (Å²) in [7, 11) is 1.76. The topological polar surface area (TPSA) is 65.6 Å². The van der Waals surface area contributed by atoms with Crippen molar-refractivity contribution in [2.24, 2.45) is 7.05 Å². The number of nitrogens with zero attached hydrogens (tertiary/aromatic N) is 5. The Bertz CT molecular complexity index is 884. The van der Waals surface area contributed by atoms with Crippen molar-refractivity contribution in [3.8, 4) is 0 Å². The molecule has 0 bridgehead atoms. The van der Waals surface area contributed by atoms with E-state index in [1.54, 1.807) is 11.7 Å². The van der Waals surface area contributed by atoms with Gasteiger partial charge in [-0.2, -0.15) is 0 Å². The van der Waals surface area contributed by atoms with Crippen LogP contribution in [0.3, 0.4) is 0 Å². The summed E-state index contributed by atoms with van der Waals surface area (Å²) in [4.78, 5) is 12.7. The third-order valence-electron chi connectivity index (χ3n) is 4.37. The van der Waals surface area contributed by atoms with Crippen molar-refractivity contribution in [3.63, 3.8) is 0 Å². The minimum atomic E-state index is 0.0904. The summed E-state index contributed by atoms with van der Waals surface area (Å²) in [6.45, 7) is 6.21. The van der Waals surface area contributed by atoms with Crippen molar-refractivity contribution < 1.29 is 4.79 Å². The van der Waals surface area contributed by atoms with E-state index in [0.29, 0.717) is 10.9 Å². The van der Waals surface area contributed by atoms with Gasteiger partial charge in [-0.05, 0) is 42.8 Å². The van der Waals surface area contributed by atoms with Crippen molar-refractivity contribution in [3.05, 3.63) is 58.9 Å². The van der Waals surface area contributed by atoms with E-state index in [-0.39, 0.29) is 11.8 Å². The summed E-state index contributed by atoms with van der Waals surface area (Å²) in [6, 6.07) is 12.5. The average Bonchev–Trinajstić information content (AvgIpc) is 3.15. The molecule has 3 aromatic rings. The highest BCUT2D eigenvalue weighted by molar-refractivity contribution is 7.99. The van der Waals surface area contributed by atoms with Crippen LogP contribution in [0, 0.1) is 13.8 Å². The first kappa shape index (κ1) is 17.4. The Morgan fingerprint density at radius 2 is 1.96 bits per heavy atom. The minimum Gasteiger partial charge on any atom is -0.341 e. The Hall–Kier alpha value is -2.41. The number of carbonyl (C=O) groups excluding carboxylic acids is 1. The van der Waals surface area contributed by atoms with Crippen molar-refractivity contribution in [1.82, 2.24) is 24.8 Å². The van der Waals surface area contributed by atoms with Gasteiger partial charge < -0.3 is 4.57 Å². The first-order valence-corrected chi connectivity index (χ1v) is 9.09. The van der Waals surface area contributed by atoms with Gasteiger partial charge in [0.1, 0.15) is 0 Å². The van der Waals surface area contributed by atoms with E-state index in [9.17, 15) is 4.79 Å². The quantitative estimate of drug-likeness (QED) is 0.502. The van der Waals surface area contributed by atoms with E-state index in [0.717, 1.165) is 17.0 Å². The Morgan fingerprint density at radius 3 is 2.60 bits per heavy atom. The van der Waals surface area contributed by atoms with Crippen LogP contribution in [0.15, 0.2) is 41.6 Å². The summed E-state index contributed by atoms with van der Waals surface area (Å²) in [5, 5.41) is 11.9. The lowest BCUT2D eigenvalue weighted by molar-refractivity contribution is 0.102. The van der Waals surface area contributed by atoms with E-state index in [1.165, 1.54) is 17.3 Å². The molecule has 0 aliphatic heterocycles. The molecule has 0 spiro atoms. The zero-order valence-electron chi connectivity index (χ0n) is 14.8. The predicted molar refractivity (Wildman–Crippen MR) is 98.0 cm³/mol. The lowest BCUT2D eigenvalue weighted by Gasteiger charge is -2.19. The molecule has 0 unspecified atom stereocenters. The highest BCUT2D eigenvalue weighted by Gasteiger charge is 2.20. The summed E-state index contributed by atoms with van der Waals surface area (Å²) in [5.41, 5.74) is 4.07. The van der Waals surface area contributed by atoms with Crippen LogP contribution >= 0.6 is 11.8 Å². The van der Waals surface area contributed by atoms with Crippen LogP contribution in [-0.2, 0) is 7.05 Å². The monoisotopic (exact) mass is 355 g/mol. The average molecular weight is 355 g/mol. The van der Waals surface area contributed by atoms with Gasteiger partial charge >= 0.3 is 0 Å². The number of hydrogen-bond acceptors (Lipinski definition) is 5. The van der Waals surface area contributed by atoms with Crippen LogP contribution in [-0.4, -0.2) is 36.3 Å². The zero-order valence-corrected chi connectivity index (χ0v) is 15.6. The van der Waals surface area contributed by atoms with E-state index >= 15 is 0 Å². The van der Waals surface area contributed by atoms with E-state index in [1.807, 2.05) is 38.1 Å². The minimum absolute atomic E-state index is 0.0904. The number of Topliss-reactive ketones (excluding diaryl/α,β-unsaturated/α-hetero) is 1. The molecular formula is C18H21N5OS. The smallest absolute Gasteiger partial charge is 0.209 e. The predicted octanol–water partition coefficient (Wildman–Crippen LogP) is 3.21. The van der Waals surface area contributed by atoms with Crippen LogP contribution in [0.4, 0.5) is 0 Å². The Labute approximate surface area is 151 Å². The molecule has 1 aromatic carbocycles. The molecule has 1 atom stereocenters. The second-order valence-corrected chi connectivity index (χ2v) is 6.98. The molecule has 130 valence electrons. The normalized spacial score (nSPS) is 12.3. The van der Waals surface area contributed by atoms with Crippen LogP contribution in [0.1, 0.15) is 40.3 Å². The molecule has 0 N–H and O–H groups in total. The number of benzene rings is 1. The second-order valence-electron chi connectivity index (χ2n) is 6.04. The van der Waals surface area contributed by atoms with E-state index in [4.69, 9.17) is 0 Å². The second kappa shape index (κ2) is 7.23. The van der Waals surface area contributed by atoms with Crippen molar-refractivity contribution in [2.75, 3.05) is 5.75 Å². The lowest BCUT2D eigenvalue weighted by atomic mass is 10.1. The van der Waals surface area contributed by atoms with Crippen molar-refractivity contribution in [2.45, 2.75) is 32.0 Å². The summed E-state index contributed by atoms with van der Waals surface area (Å²) >= 11 is 1.35. The van der Waals surface area contributed by atoms with Crippen LogP contribution in [0.5, 0.6) is 0 Å². The Kier molecular flexibility index (Phi) is 5.03. The molecule has 25 heavy (non-hydrogen) atoms. The van der Waals surface area contributed by atoms with Gasteiger partial charge in [0.15, 0.2) is 5.78 Å².